The van der Waals surface area contributed by atoms with Crippen molar-refractivity contribution >= 4 is 21.4 Å². The van der Waals surface area contributed by atoms with Gasteiger partial charge in [0.1, 0.15) is 10.8 Å². The topological polar surface area (TPSA) is 77.5 Å². The Kier molecular flexibility index (Phi) is 6.34. The number of hydrogen-bond acceptors (Lipinski definition) is 6. The lowest BCUT2D eigenvalue weighted by Crippen LogP contribution is -2.27. The van der Waals surface area contributed by atoms with Crippen molar-refractivity contribution < 1.29 is 17.9 Å². The molecule has 0 fully saturated rings. The predicted molar refractivity (Wildman–Crippen MR) is 94.2 cm³/mol. The van der Waals surface area contributed by atoms with Gasteiger partial charge in [-0.15, -0.1) is 11.3 Å². The van der Waals surface area contributed by atoms with Crippen LogP contribution >= 0.6 is 11.3 Å². The van der Waals surface area contributed by atoms with Gasteiger partial charge in [0.05, 0.1) is 24.3 Å². The summed E-state index contributed by atoms with van der Waals surface area (Å²) in [5, 5.41) is 2.81. The third-order valence-corrected chi connectivity index (χ3v) is 6.12. The molecule has 0 bridgehead atoms. The molecule has 0 atom stereocenters. The molecule has 2 rings (SSSR count). The highest BCUT2D eigenvalue weighted by Crippen LogP contribution is 2.25. The standard InChI is InChI=1S/C16H22N2O4S2/c1-11-7-14(22-4)8-12(2)16(11)24(19,20)17-6-5-13-10-23-15(18-13)9-21-3/h7-8,10,17H,5-6,9H2,1-4H3. The van der Waals surface area contributed by atoms with E-state index in [1.165, 1.54) is 11.3 Å². The highest BCUT2D eigenvalue weighted by Gasteiger charge is 2.20. The van der Waals surface area contributed by atoms with Crippen LogP contribution in [0.15, 0.2) is 22.4 Å². The number of thiazole rings is 1. The summed E-state index contributed by atoms with van der Waals surface area (Å²) in [5.41, 5.74) is 2.18. The first kappa shape index (κ1) is 18.9. The van der Waals surface area contributed by atoms with Gasteiger partial charge in [-0.3, -0.25) is 0 Å². The lowest BCUT2D eigenvalue weighted by Gasteiger charge is -2.13. The number of nitrogens with one attached hydrogen (secondary N) is 1. The molecule has 1 aromatic heterocycles. The lowest BCUT2D eigenvalue weighted by atomic mass is 10.1. The fraction of sp³-hybridized carbons (Fsp3) is 0.438. The smallest absolute Gasteiger partial charge is 0.241 e. The van der Waals surface area contributed by atoms with Crippen molar-refractivity contribution in [2.45, 2.75) is 31.8 Å². The molecule has 0 saturated heterocycles. The van der Waals surface area contributed by atoms with Crippen LogP contribution in [-0.2, 0) is 27.8 Å². The highest BCUT2D eigenvalue weighted by molar-refractivity contribution is 7.89. The van der Waals surface area contributed by atoms with Crippen LogP contribution in [0.2, 0.25) is 0 Å². The minimum atomic E-state index is -3.57. The average molecular weight is 370 g/mol. The zero-order valence-electron chi connectivity index (χ0n) is 14.3. The summed E-state index contributed by atoms with van der Waals surface area (Å²) in [7, 11) is -0.393. The van der Waals surface area contributed by atoms with E-state index in [1.54, 1.807) is 40.2 Å². The van der Waals surface area contributed by atoms with E-state index in [-0.39, 0.29) is 0 Å². The van der Waals surface area contributed by atoms with E-state index in [0.29, 0.717) is 41.3 Å². The molecule has 2 aromatic rings. The van der Waals surface area contributed by atoms with Crippen molar-refractivity contribution in [3.8, 4) is 5.75 Å². The second kappa shape index (κ2) is 8.06. The Morgan fingerprint density at radius 1 is 1.21 bits per heavy atom. The Hall–Kier alpha value is -1.48. The van der Waals surface area contributed by atoms with Crippen LogP contribution in [0.3, 0.4) is 0 Å². The van der Waals surface area contributed by atoms with Gasteiger partial charge in [0.25, 0.3) is 0 Å². The number of nitrogens with zero attached hydrogens (tertiary/aromatic N) is 1. The first-order chi connectivity index (χ1) is 11.4. The van der Waals surface area contributed by atoms with Gasteiger partial charge >= 0.3 is 0 Å². The Morgan fingerprint density at radius 3 is 2.46 bits per heavy atom. The van der Waals surface area contributed by atoms with Crippen molar-refractivity contribution in [2.24, 2.45) is 0 Å². The number of aromatic nitrogens is 1. The van der Waals surface area contributed by atoms with E-state index in [0.717, 1.165) is 10.7 Å². The summed E-state index contributed by atoms with van der Waals surface area (Å²) in [6, 6.07) is 3.44. The summed E-state index contributed by atoms with van der Waals surface area (Å²) in [6.45, 7) is 4.30. The monoisotopic (exact) mass is 370 g/mol. The maximum Gasteiger partial charge on any atom is 0.241 e. The Balaban J connectivity index is 2.06. The molecule has 132 valence electrons. The maximum absolute atomic E-state index is 12.6. The van der Waals surface area contributed by atoms with Crippen molar-refractivity contribution in [1.29, 1.82) is 0 Å². The first-order valence-electron chi connectivity index (χ1n) is 7.44. The van der Waals surface area contributed by atoms with Crippen LogP contribution in [0.1, 0.15) is 21.8 Å². The van der Waals surface area contributed by atoms with Crippen LogP contribution in [0.25, 0.3) is 0 Å². The molecule has 0 unspecified atom stereocenters. The fourth-order valence-electron chi connectivity index (χ4n) is 2.49. The van der Waals surface area contributed by atoms with Gasteiger partial charge in [-0.25, -0.2) is 18.1 Å². The molecular weight excluding hydrogens is 348 g/mol. The van der Waals surface area contributed by atoms with Gasteiger partial charge in [0.15, 0.2) is 0 Å². The SMILES string of the molecule is COCc1nc(CCNS(=O)(=O)c2c(C)cc(OC)cc2C)cs1. The van der Waals surface area contributed by atoms with Crippen molar-refractivity contribution in [3.05, 3.63) is 39.3 Å². The summed E-state index contributed by atoms with van der Waals surface area (Å²) in [4.78, 5) is 4.70. The zero-order chi connectivity index (χ0) is 17.7. The first-order valence-corrected chi connectivity index (χ1v) is 9.80. The van der Waals surface area contributed by atoms with E-state index in [2.05, 4.69) is 9.71 Å². The number of aryl methyl sites for hydroxylation is 2. The second-order valence-corrected chi connectivity index (χ2v) is 8.05. The van der Waals surface area contributed by atoms with Gasteiger partial charge < -0.3 is 9.47 Å². The molecule has 1 heterocycles. The van der Waals surface area contributed by atoms with Gasteiger partial charge in [-0.2, -0.15) is 0 Å². The van der Waals surface area contributed by atoms with Crippen LogP contribution < -0.4 is 9.46 Å². The molecule has 0 aliphatic carbocycles. The Labute approximate surface area is 146 Å². The highest BCUT2D eigenvalue weighted by atomic mass is 32.2. The molecule has 24 heavy (non-hydrogen) atoms. The average Bonchev–Trinajstić information content (AvgIpc) is 2.93. The van der Waals surface area contributed by atoms with Gasteiger partial charge in [-0.05, 0) is 37.1 Å². The van der Waals surface area contributed by atoms with Crippen LogP contribution in [-0.4, -0.2) is 34.2 Å². The minimum Gasteiger partial charge on any atom is -0.497 e. The van der Waals surface area contributed by atoms with E-state index in [4.69, 9.17) is 9.47 Å². The minimum absolute atomic E-state index is 0.295. The normalized spacial score (nSPS) is 11.7. The molecule has 1 aromatic carbocycles. The summed E-state index contributed by atoms with van der Waals surface area (Å²) >= 11 is 1.51. The van der Waals surface area contributed by atoms with Crippen LogP contribution in [0, 0.1) is 13.8 Å². The maximum atomic E-state index is 12.6. The number of methoxy groups -OCH3 is 2. The molecule has 0 spiro atoms. The number of sulfonamides is 1. The number of ether oxygens (including phenoxy) is 2. The molecule has 0 aliphatic heterocycles. The molecule has 0 amide bonds. The molecule has 8 heteroatoms. The molecule has 0 radical (unpaired) electrons. The van der Waals surface area contributed by atoms with Gasteiger partial charge in [-0.1, -0.05) is 0 Å². The van der Waals surface area contributed by atoms with Gasteiger partial charge in [0, 0.05) is 25.5 Å². The second-order valence-electron chi connectivity index (χ2n) is 5.40. The number of benzene rings is 1. The molecule has 1 N–H and O–H groups in total. The van der Waals surface area contributed by atoms with Crippen molar-refractivity contribution in [3.63, 3.8) is 0 Å². The molecular formula is C16H22N2O4S2. The van der Waals surface area contributed by atoms with Crippen LogP contribution in [0.4, 0.5) is 0 Å². The van der Waals surface area contributed by atoms with E-state index in [9.17, 15) is 8.42 Å². The van der Waals surface area contributed by atoms with E-state index in [1.807, 2.05) is 5.38 Å². The number of hydrogen-bond donors (Lipinski definition) is 1. The summed E-state index contributed by atoms with van der Waals surface area (Å²) in [6.07, 6.45) is 0.535. The fourth-order valence-corrected chi connectivity index (χ4v) is 4.77. The third-order valence-electron chi connectivity index (χ3n) is 3.48. The zero-order valence-corrected chi connectivity index (χ0v) is 15.9. The summed E-state index contributed by atoms with van der Waals surface area (Å²) in [5.74, 6) is 0.650. The Bertz CT molecular complexity index is 777. The Morgan fingerprint density at radius 2 is 1.88 bits per heavy atom. The van der Waals surface area contributed by atoms with E-state index >= 15 is 0 Å². The van der Waals surface area contributed by atoms with Crippen LogP contribution in [0.5, 0.6) is 5.75 Å². The molecule has 6 nitrogen and oxygen atoms in total. The van der Waals surface area contributed by atoms with E-state index < -0.39 is 10.0 Å². The number of rotatable bonds is 8. The van der Waals surface area contributed by atoms with Crippen molar-refractivity contribution in [1.82, 2.24) is 9.71 Å². The molecule has 0 aliphatic rings. The third kappa shape index (κ3) is 4.54. The quantitative estimate of drug-likeness (QED) is 0.772. The predicted octanol–water partition coefficient (Wildman–Crippen LogP) is 2.44. The van der Waals surface area contributed by atoms with Gasteiger partial charge in [0.2, 0.25) is 10.0 Å². The van der Waals surface area contributed by atoms with Crippen molar-refractivity contribution in [2.75, 3.05) is 20.8 Å². The lowest BCUT2D eigenvalue weighted by molar-refractivity contribution is 0.184. The summed E-state index contributed by atoms with van der Waals surface area (Å²) < 4.78 is 38.0. The molecule has 0 saturated carbocycles. The largest absolute Gasteiger partial charge is 0.497 e.